The van der Waals surface area contributed by atoms with Crippen LogP contribution in [0.25, 0.3) is 0 Å². The largest absolute Gasteiger partial charge is 0.250 e. The van der Waals surface area contributed by atoms with Crippen molar-refractivity contribution >= 4 is 34.4 Å². The highest BCUT2D eigenvalue weighted by Crippen LogP contribution is 2.33. The smallest absolute Gasteiger partial charge is 0.0889 e. The van der Waals surface area contributed by atoms with Crippen molar-refractivity contribution in [3.8, 4) is 0 Å². The van der Waals surface area contributed by atoms with Crippen molar-refractivity contribution in [3.05, 3.63) is 94.5 Å². The summed E-state index contributed by atoms with van der Waals surface area (Å²) in [6.45, 7) is 6.69. The number of benzene rings is 3. The van der Waals surface area contributed by atoms with Crippen molar-refractivity contribution in [2.24, 2.45) is 9.98 Å². The van der Waals surface area contributed by atoms with Gasteiger partial charge in [0.2, 0.25) is 0 Å². The molecule has 3 aromatic carbocycles. The second-order valence-corrected chi connectivity index (χ2v) is 8.55. The first kappa shape index (κ1) is 18.6. The summed E-state index contributed by atoms with van der Waals surface area (Å²) in [5, 5.41) is 0.727. The van der Waals surface area contributed by atoms with Gasteiger partial charge in [0.05, 0.1) is 22.8 Å². The third-order valence-electron chi connectivity index (χ3n) is 4.99. The lowest BCUT2D eigenvalue weighted by molar-refractivity contribution is 0.590. The average Bonchev–Trinajstić information content (AvgIpc) is 2.88. The predicted molar refractivity (Wildman–Crippen MR) is 120 cm³/mol. The van der Waals surface area contributed by atoms with Gasteiger partial charge in [0.15, 0.2) is 0 Å². The van der Waals surface area contributed by atoms with Gasteiger partial charge in [0.25, 0.3) is 0 Å². The molecule has 0 saturated heterocycles. The topological polar surface area (TPSA) is 24.7 Å². The summed E-state index contributed by atoms with van der Waals surface area (Å²) >= 11 is 6.08. The van der Waals surface area contributed by atoms with E-state index in [9.17, 15) is 0 Å². The molecule has 0 saturated carbocycles. The number of fused-ring (bicyclic) bond motifs is 1. The molecular formula is C25H23ClN2. The molecule has 0 unspecified atom stereocenters. The fourth-order valence-electron chi connectivity index (χ4n) is 3.32. The maximum atomic E-state index is 6.08. The van der Waals surface area contributed by atoms with Crippen LogP contribution in [-0.4, -0.2) is 11.4 Å². The molecule has 0 bridgehead atoms. The third kappa shape index (κ3) is 3.93. The van der Waals surface area contributed by atoms with E-state index in [1.165, 1.54) is 5.56 Å². The van der Waals surface area contributed by atoms with E-state index >= 15 is 0 Å². The zero-order valence-electron chi connectivity index (χ0n) is 16.4. The van der Waals surface area contributed by atoms with Crippen LogP contribution in [0.3, 0.4) is 0 Å². The summed E-state index contributed by atoms with van der Waals surface area (Å²) in [6, 6.07) is 24.7. The SMILES string of the molecule is CC(C)(C)c1ccc(C2=Nc3ccccc3N=C(c3ccc(Cl)cc3)C2)cc1. The highest BCUT2D eigenvalue weighted by Gasteiger charge is 2.18. The lowest BCUT2D eigenvalue weighted by Gasteiger charge is -2.19. The first-order valence-electron chi connectivity index (χ1n) is 9.51. The number of hydrogen-bond donors (Lipinski definition) is 0. The van der Waals surface area contributed by atoms with Gasteiger partial charge >= 0.3 is 0 Å². The van der Waals surface area contributed by atoms with Gasteiger partial charge in [0.1, 0.15) is 0 Å². The Morgan fingerprint density at radius 3 is 1.61 bits per heavy atom. The summed E-state index contributed by atoms with van der Waals surface area (Å²) in [5.41, 5.74) is 7.48. The molecule has 1 heterocycles. The second-order valence-electron chi connectivity index (χ2n) is 8.12. The van der Waals surface area contributed by atoms with Crippen LogP contribution in [0.15, 0.2) is 82.8 Å². The molecule has 1 aliphatic rings. The summed E-state index contributed by atoms with van der Waals surface area (Å²) in [7, 11) is 0. The van der Waals surface area contributed by atoms with Crippen LogP contribution in [-0.2, 0) is 5.41 Å². The maximum Gasteiger partial charge on any atom is 0.0889 e. The van der Waals surface area contributed by atoms with E-state index in [2.05, 4.69) is 45.0 Å². The molecule has 0 amide bonds. The molecule has 3 heteroatoms. The minimum Gasteiger partial charge on any atom is -0.250 e. The Balaban J connectivity index is 1.79. The van der Waals surface area contributed by atoms with Crippen molar-refractivity contribution in [1.29, 1.82) is 0 Å². The van der Waals surface area contributed by atoms with Crippen LogP contribution in [0.1, 0.15) is 43.9 Å². The van der Waals surface area contributed by atoms with Crippen LogP contribution in [0.5, 0.6) is 0 Å². The Hall–Kier alpha value is -2.71. The number of nitrogens with zero attached hydrogens (tertiary/aromatic N) is 2. The van der Waals surface area contributed by atoms with Crippen LogP contribution >= 0.6 is 11.6 Å². The van der Waals surface area contributed by atoms with E-state index in [1.54, 1.807) is 0 Å². The van der Waals surface area contributed by atoms with Crippen LogP contribution < -0.4 is 0 Å². The van der Waals surface area contributed by atoms with E-state index in [0.717, 1.165) is 38.9 Å². The predicted octanol–water partition coefficient (Wildman–Crippen LogP) is 7.28. The standard InChI is InChI=1S/C25H23ClN2/c1-25(2,3)19-12-8-17(9-13-19)23-16-24(18-10-14-20(26)15-11-18)28-22-7-5-4-6-21(22)27-23/h4-15H,16H2,1-3H3. The van der Waals surface area contributed by atoms with E-state index < -0.39 is 0 Å². The first-order valence-corrected chi connectivity index (χ1v) is 9.89. The number of rotatable bonds is 2. The zero-order chi connectivity index (χ0) is 19.7. The van der Waals surface area contributed by atoms with E-state index in [1.807, 2.05) is 48.5 Å². The first-order chi connectivity index (χ1) is 13.4. The van der Waals surface area contributed by atoms with E-state index in [4.69, 9.17) is 21.6 Å². The van der Waals surface area contributed by atoms with Crippen LogP contribution in [0.2, 0.25) is 5.02 Å². The summed E-state index contributed by atoms with van der Waals surface area (Å²) in [4.78, 5) is 9.90. The molecular weight excluding hydrogens is 364 g/mol. The Morgan fingerprint density at radius 1 is 0.679 bits per heavy atom. The summed E-state index contributed by atoms with van der Waals surface area (Å²) < 4.78 is 0. The molecule has 28 heavy (non-hydrogen) atoms. The minimum absolute atomic E-state index is 0.131. The van der Waals surface area contributed by atoms with Gasteiger partial charge in [-0.2, -0.15) is 0 Å². The molecule has 0 aromatic heterocycles. The highest BCUT2D eigenvalue weighted by molar-refractivity contribution is 6.30. The van der Waals surface area contributed by atoms with Crippen molar-refractivity contribution in [2.75, 3.05) is 0 Å². The summed E-state index contributed by atoms with van der Waals surface area (Å²) in [5.74, 6) is 0. The molecule has 0 radical (unpaired) electrons. The lowest BCUT2D eigenvalue weighted by Crippen LogP contribution is -2.13. The molecule has 0 N–H and O–H groups in total. The molecule has 1 aliphatic heterocycles. The van der Waals surface area contributed by atoms with Crippen LogP contribution in [0, 0.1) is 0 Å². The van der Waals surface area contributed by atoms with Gasteiger partial charge in [-0.05, 0) is 46.4 Å². The molecule has 3 aromatic rings. The number of halogens is 1. The van der Waals surface area contributed by atoms with Crippen molar-refractivity contribution in [1.82, 2.24) is 0 Å². The Bertz CT molecular complexity index is 1050. The highest BCUT2D eigenvalue weighted by atomic mass is 35.5. The van der Waals surface area contributed by atoms with Crippen molar-refractivity contribution < 1.29 is 0 Å². The molecule has 140 valence electrons. The minimum atomic E-state index is 0.131. The molecule has 4 rings (SSSR count). The van der Waals surface area contributed by atoms with Gasteiger partial charge in [-0.25, -0.2) is 0 Å². The Labute approximate surface area is 171 Å². The number of para-hydroxylation sites is 2. The van der Waals surface area contributed by atoms with Gasteiger partial charge in [-0.1, -0.05) is 80.9 Å². The molecule has 2 nitrogen and oxygen atoms in total. The monoisotopic (exact) mass is 386 g/mol. The average molecular weight is 387 g/mol. The molecule has 0 aliphatic carbocycles. The molecule has 0 spiro atoms. The lowest BCUT2D eigenvalue weighted by atomic mass is 9.86. The molecule has 0 atom stereocenters. The van der Waals surface area contributed by atoms with Gasteiger partial charge in [-0.3, -0.25) is 9.98 Å². The van der Waals surface area contributed by atoms with Crippen molar-refractivity contribution in [3.63, 3.8) is 0 Å². The van der Waals surface area contributed by atoms with Gasteiger partial charge < -0.3 is 0 Å². The Morgan fingerprint density at radius 2 is 1.14 bits per heavy atom. The fraction of sp³-hybridized carbons (Fsp3) is 0.200. The van der Waals surface area contributed by atoms with E-state index in [-0.39, 0.29) is 5.41 Å². The zero-order valence-corrected chi connectivity index (χ0v) is 17.2. The third-order valence-corrected chi connectivity index (χ3v) is 5.24. The number of aliphatic imine (C=N–C) groups is 2. The van der Waals surface area contributed by atoms with Gasteiger partial charge in [0, 0.05) is 11.4 Å². The van der Waals surface area contributed by atoms with E-state index in [0.29, 0.717) is 6.42 Å². The quantitative estimate of drug-likeness (QED) is 0.442. The Kier molecular flexibility index (Phi) is 4.91. The van der Waals surface area contributed by atoms with Crippen molar-refractivity contribution in [2.45, 2.75) is 32.6 Å². The fourth-order valence-corrected chi connectivity index (χ4v) is 3.45. The maximum absolute atomic E-state index is 6.08. The second kappa shape index (κ2) is 7.37. The normalized spacial score (nSPS) is 14.0. The molecule has 0 fully saturated rings. The van der Waals surface area contributed by atoms with Crippen LogP contribution in [0.4, 0.5) is 11.4 Å². The van der Waals surface area contributed by atoms with Gasteiger partial charge in [-0.15, -0.1) is 0 Å². The summed E-state index contributed by atoms with van der Waals surface area (Å²) in [6.07, 6.45) is 0.672. The number of hydrogen-bond acceptors (Lipinski definition) is 2.